The third-order valence-electron chi connectivity index (χ3n) is 13.9. The van der Waals surface area contributed by atoms with Crippen LogP contribution < -0.4 is 0 Å². The molecule has 14 rings (SSSR count). The van der Waals surface area contributed by atoms with Crippen molar-refractivity contribution in [3.05, 3.63) is 231 Å². The van der Waals surface area contributed by atoms with Crippen LogP contribution in [0, 0.1) is 0 Å². The summed E-state index contributed by atoms with van der Waals surface area (Å²) in [4.78, 5) is 0. The Morgan fingerprint density at radius 3 is 1.66 bits per heavy atom. The van der Waals surface area contributed by atoms with Gasteiger partial charge in [0.05, 0.1) is 27.8 Å². The summed E-state index contributed by atoms with van der Waals surface area (Å²) in [5.41, 5.74) is 19.7. The summed E-state index contributed by atoms with van der Waals surface area (Å²) in [6, 6.07) is 85.3. The highest BCUT2D eigenvalue weighted by Gasteiger charge is 2.23. The number of nitrogens with zero attached hydrogens (tertiary/aromatic N) is 2. The van der Waals surface area contributed by atoms with E-state index in [1.54, 1.807) is 0 Å². The zero-order valence-corrected chi connectivity index (χ0v) is 34.8. The van der Waals surface area contributed by atoms with Gasteiger partial charge >= 0.3 is 0 Å². The monoisotopic (exact) mass is 810 g/mol. The summed E-state index contributed by atoms with van der Waals surface area (Å²) in [6.45, 7) is 0. The Bertz CT molecular complexity index is 4020. The fraction of sp³-hybridized carbons (Fsp3) is 0. The Morgan fingerprint density at radius 1 is 0.250 bits per heavy atom. The van der Waals surface area contributed by atoms with Crippen LogP contribution in [-0.4, -0.2) is 9.13 Å². The van der Waals surface area contributed by atoms with Gasteiger partial charge in [0.2, 0.25) is 0 Å². The maximum atomic E-state index is 2.53. The average molecular weight is 811 g/mol. The van der Waals surface area contributed by atoms with Gasteiger partial charge in [0.25, 0.3) is 0 Å². The van der Waals surface area contributed by atoms with Crippen molar-refractivity contribution in [1.82, 2.24) is 9.13 Å². The maximum Gasteiger partial charge on any atom is 0.0619 e. The highest BCUT2D eigenvalue weighted by atomic mass is 15.0. The van der Waals surface area contributed by atoms with Crippen LogP contribution in [0.15, 0.2) is 231 Å². The molecule has 296 valence electrons. The first-order valence-corrected chi connectivity index (χ1v) is 22.2. The summed E-state index contributed by atoms with van der Waals surface area (Å²) in [6.07, 6.45) is 0. The van der Waals surface area contributed by atoms with Gasteiger partial charge < -0.3 is 9.13 Å². The van der Waals surface area contributed by atoms with E-state index in [9.17, 15) is 0 Å². The molecule has 0 atom stereocenters. The zero-order valence-electron chi connectivity index (χ0n) is 34.8. The van der Waals surface area contributed by atoms with Crippen molar-refractivity contribution in [2.75, 3.05) is 0 Å². The highest BCUT2D eigenvalue weighted by Crippen LogP contribution is 2.49. The van der Waals surface area contributed by atoms with Crippen molar-refractivity contribution in [2.45, 2.75) is 0 Å². The number of hydrogen-bond donors (Lipinski definition) is 0. The highest BCUT2D eigenvalue weighted by molar-refractivity contribution is 6.21. The van der Waals surface area contributed by atoms with E-state index >= 15 is 0 Å². The van der Waals surface area contributed by atoms with Gasteiger partial charge in [-0.25, -0.2) is 0 Å². The van der Waals surface area contributed by atoms with E-state index in [1.165, 1.54) is 126 Å². The van der Waals surface area contributed by atoms with E-state index in [4.69, 9.17) is 0 Å². The van der Waals surface area contributed by atoms with E-state index in [-0.39, 0.29) is 0 Å². The Labute approximate surface area is 370 Å². The predicted molar refractivity (Wildman–Crippen MR) is 271 cm³/mol. The fourth-order valence-electron chi connectivity index (χ4n) is 11.0. The Balaban J connectivity index is 0.941. The second kappa shape index (κ2) is 13.5. The van der Waals surface area contributed by atoms with Crippen LogP contribution in [0.4, 0.5) is 0 Å². The fourth-order valence-corrected chi connectivity index (χ4v) is 11.0. The lowest BCUT2D eigenvalue weighted by atomic mass is 9.93. The lowest BCUT2D eigenvalue weighted by Crippen LogP contribution is -1.98. The minimum atomic E-state index is 1.16. The van der Waals surface area contributed by atoms with Crippen molar-refractivity contribution >= 4 is 65.2 Å². The van der Waals surface area contributed by atoms with Crippen LogP contribution in [0.25, 0.3) is 132 Å². The third-order valence-corrected chi connectivity index (χ3v) is 13.9. The SMILES string of the molecule is c1ccc(-n2c3ccccc3c3cc(-c4ccc5c6ccc7ccccc7c6n(-c6ccccc6-c6ccc(-c7ccc8c9c(cccc79)-c7ccccc7-8)cc6)c5c4)ccc32)cc1. The van der Waals surface area contributed by atoms with Crippen LogP contribution in [0.2, 0.25) is 0 Å². The minimum Gasteiger partial charge on any atom is -0.309 e. The van der Waals surface area contributed by atoms with Crippen LogP contribution in [-0.2, 0) is 0 Å². The summed E-state index contributed by atoms with van der Waals surface area (Å²) in [5, 5.41) is 10.1. The third kappa shape index (κ3) is 5.02. The molecule has 2 nitrogen and oxygen atoms in total. The lowest BCUT2D eigenvalue weighted by molar-refractivity contribution is 1.18. The largest absolute Gasteiger partial charge is 0.309 e. The molecule has 0 unspecified atom stereocenters. The Kier molecular flexibility index (Phi) is 7.43. The minimum absolute atomic E-state index is 1.16. The van der Waals surface area contributed by atoms with Gasteiger partial charge in [0, 0.05) is 38.2 Å². The molecule has 0 saturated carbocycles. The van der Waals surface area contributed by atoms with Crippen LogP contribution in [0.3, 0.4) is 0 Å². The van der Waals surface area contributed by atoms with E-state index < -0.39 is 0 Å². The van der Waals surface area contributed by atoms with E-state index in [0.717, 1.165) is 5.69 Å². The molecule has 0 fully saturated rings. The van der Waals surface area contributed by atoms with Gasteiger partial charge in [0.1, 0.15) is 0 Å². The first-order valence-electron chi connectivity index (χ1n) is 22.2. The molecular weight excluding hydrogens is 773 g/mol. The zero-order chi connectivity index (χ0) is 41.9. The van der Waals surface area contributed by atoms with Crippen molar-refractivity contribution in [3.63, 3.8) is 0 Å². The summed E-state index contributed by atoms with van der Waals surface area (Å²) in [7, 11) is 0. The van der Waals surface area contributed by atoms with Crippen molar-refractivity contribution in [2.24, 2.45) is 0 Å². The summed E-state index contributed by atoms with van der Waals surface area (Å²) < 4.78 is 4.91. The molecular formula is C62H38N2. The van der Waals surface area contributed by atoms with E-state index in [0.29, 0.717) is 0 Å². The molecule has 64 heavy (non-hydrogen) atoms. The van der Waals surface area contributed by atoms with Crippen molar-refractivity contribution in [3.8, 4) is 67.0 Å². The van der Waals surface area contributed by atoms with Gasteiger partial charge in [-0.2, -0.15) is 0 Å². The summed E-state index contributed by atoms with van der Waals surface area (Å²) >= 11 is 0. The molecule has 0 amide bonds. The van der Waals surface area contributed by atoms with Gasteiger partial charge in [0.15, 0.2) is 0 Å². The van der Waals surface area contributed by atoms with Crippen LogP contribution in [0.1, 0.15) is 0 Å². The number of rotatable bonds is 5. The smallest absolute Gasteiger partial charge is 0.0619 e. The van der Waals surface area contributed by atoms with Gasteiger partial charge in [-0.15, -0.1) is 0 Å². The first kappa shape index (κ1) is 35.2. The summed E-state index contributed by atoms with van der Waals surface area (Å²) in [5.74, 6) is 0. The standard InChI is InChI=1S/C62H38N2/c1-2-14-44(15-3-1)63-58-24-11-9-20-50(58)56-37-42(31-36-59(56)63)43-30-32-51-55-33-29-39-13-4-5-17-47(39)62(55)64(60(51)38-43)57-23-10-8-16-46(57)41-27-25-40(26-28-41)45-34-35-54-49-19-7-6-18-48(49)53-22-12-21-52(45)61(53)54/h1-38H. The van der Waals surface area contributed by atoms with Crippen molar-refractivity contribution < 1.29 is 0 Å². The number of aromatic nitrogens is 2. The molecule has 11 aromatic carbocycles. The van der Waals surface area contributed by atoms with Gasteiger partial charge in [-0.1, -0.05) is 188 Å². The molecule has 0 aliphatic heterocycles. The van der Waals surface area contributed by atoms with Crippen LogP contribution in [0.5, 0.6) is 0 Å². The van der Waals surface area contributed by atoms with Gasteiger partial charge in [-0.3, -0.25) is 0 Å². The molecule has 2 aromatic heterocycles. The topological polar surface area (TPSA) is 9.86 Å². The molecule has 2 heteroatoms. The Morgan fingerprint density at radius 2 is 0.812 bits per heavy atom. The molecule has 0 bridgehead atoms. The molecule has 0 N–H and O–H groups in total. The molecule has 0 saturated heterocycles. The number of hydrogen-bond acceptors (Lipinski definition) is 0. The second-order valence-corrected chi connectivity index (χ2v) is 17.2. The molecule has 2 heterocycles. The Hall–Kier alpha value is -8.46. The molecule has 0 radical (unpaired) electrons. The second-order valence-electron chi connectivity index (χ2n) is 17.2. The quantitative estimate of drug-likeness (QED) is 0.164. The molecule has 13 aromatic rings. The normalized spacial score (nSPS) is 12.1. The van der Waals surface area contributed by atoms with E-state index in [2.05, 4.69) is 240 Å². The molecule has 1 aliphatic rings. The van der Waals surface area contributed by atoms with E-state index in [1.807, 2.05) is 0 Å². The molecule has 0 spiro atoms. The van der Waals surface area contributed by atoms with Gasteiger partial charge in [-0.05, 0) is 109 Å². The maximum absolute atomic E-state index is 2.53. The van der Waals surface area contributed by atoms with Crippen LogP contribution >= 0.6 is 0 Å². The number of para-hydroxylation sites is 3. The predicted octanol–water partition coefficient (Wildman–Crippen LogP) is 16.8. The molecule has 1 aliphatic carbocycles. The lowest BCUT2D eigenvalue weighted by Gasteiger charge is -2.16. The average Bonchev–Trinajstić information content (AvgIpc) is 4.00. The number of fused-ring (bicyclic) bond motifs is 11. The van der Waals surface area contributed by atoms with Crippen molar-refractivity contribution in [1.29, 1.82) is 0 Å². The number of benzene rings is 11. The first-order chi connectivity index (χ1) is 31.8.